The van der Waals surface area contributed by atoms with Crippen molar-refractivity contribution in [2.24, 2.45) is 5.92 Å². The molecule has 2 aromatic rings. The molecule has 0 atom stereocenters. The number of alkyl halides is 3. The highest BCUT2D eigenvalue weighted by Crippen LogP contribution is 2.25. The first-order chi connectivity index (χ1) is 11.3. The third kappa shape index (κ3) is 3.87. The molecule has 8 heteroatoms. The van der Waals surface area contributed by atoms with Crippen LogP contribution in [-0.2, 0) is 6.54 Å². The predicted octanol–water partition coefficient (Wildman–Crippen LogP) is 2.86. The molecule has 24 heavy (non-hydrogen) atoms. The third-order valence-corrected chi connectivity index (χ3v) is 3.77. The number of nitrogens with zero attached hydrogens (tertiary/aromatic N) is 3. The molecule has 0 saturated carbocycles. The minimum Gasteiger partial charge on any atom is -0.406 e. The Bertz CT molecular complexity index is 736. The number of halogens is 3. The summed E-state index contributed by atoms with van der Waals surface area (Å²) in [5.74, 6) is -0.393. The second kappa shape index (κ2) is 6.18. The van der Waals surface area contributed by atoms with Crippen LogP contribution < -0.4 is 4.74 Å². The maximum Gasteiger partial charge on any atom is 0.573 e. The van der Waals surface area contributed by atoms with Gasteiger partial charge in [0.2, 0.25) is 0 Å². The van der Waals surface area contributed by atoms with E-state index in [0.717, 1.165) is 18.2 Å². The van der Waals surface area contributed by atoms with Crippen LogP contribution in [0, 0.1) is 12.8 Å². The highest BCUT2D eigenvalue weighted by molar-refractivity contribution is 5.95. The van der Waals surface area contributed by atoms with Gasteiger partial charge in [0, 0.05) is 37.3 Å². The molecule has 5 nitrogen and oxygen atoms in total. The number of carbonyl (C=O) groups excluding carboxylic acids is 1. The summed E-state index contributed by atoms with van der Waals surface area (Å²) in [5, 5.41) is 4.20. The maximum absolute atomic E-state index is 12.3. The Morgan fingerprint density at radius 1 is 1.38 bits per heavy atom. The van der Waals surface area contributed by atoms with E-state index in [4.69, 9.17) is 0 Å². The van der Waals surface area contributed by atoms with Crippen LogP contribution in [0.5, 0.6) is 5.75 Å². The molecule has 128 valence electrons. The SMILES string of the molecule is Cc1cnn(CC2CN(C(=O)c3cccc(OC(F)(F)F)c3)C2)c1. The molecule has 1 aromatic heterocycles. The number of amides is 1. The van der Waals surface area contributed by atoms with E-state index in [-0.39, 0.29) is 11.5 Å². The van der Waals surface area contributed by atoms with Gasteiger partial charge in [-0.2, -0.15) is 5.10 Å². The average molecular weight is 339 g/mol. The fourth-order valence-corrected chi connectivity index (χ4v) is 2.69. The van der Waals surface area contributed by atoms with Crippen LogP contribution in [-0.4, -0.2) is 40.0 Å². The summed E-state index contributed by atoms with van der Waals surface area (Å²) in [4.78, 5) is 13.9. The molecule has 1 amide bonds. The van der Waals surface area contributed by atoms with E-state index in [9.17, 15) is 18.0 Å². The highest BCUT2D eigenvalue weighted by Gasteiger charge is 2.33. The van der Waals surface area contributed by atoms with Gasteiger partial charge in [-0.3, -0.25) is 9.48 Å². The number of carbonyl (C=O) groups is 1. The zero-order valence-electron chi connectivity index (χ0n) is 13.0. The summed E-state index contributed by atoms with van der Waals surface area (Å²) in [6.45, 7) is 3.79. The van der Waals surface area contributed by atoms with Crippen LogP contribution >= 0.6 is 0 Å². The average Bonchev–Trinajstić information content (AvgIpc) is 2.85. The molecule has 1 fully saturated rings. The van der Waals surface area contributed by atoms with Crippen LogP contribution in [0.15, 0.2) is 36.7 Å². The molecule has 0 N–H and O–H groups in total. The summed E-state index contributed by atoms with van der Waals surface area (Å²) in [6.07, 6.45) is -1.07. The first kappa shape index (κ1) is 16.4. The van der Waals surface area contributed by atoms with Gasteiger partial charge in [-0.15, -0.1) is 13.2 Å². The Hall–Kier alpha value is -2.51. The van der Waals surface area contributed by atoms with Gasteiger partial charge in [-0.05, 0) is 30.7 Å². The van der Waals surface area contributed by atoms with Crippen LogP contribution in [0.3, 0.4) is 0 Å². The predicted molar refractivity (Wildman–Crippen MR) is 79.5 cm³/mol. The van der Waals surface area contributed by atoms with E-state index in [1.54, 1.807) is 11.1 Å². The Morgan fingerprint density at radius 3 is 2.75 bits per heavy atom. The lowest BCUT2D eigenvalue weighted by atomic mass is 9.99. The van der Waals surface area contributed by atoms with E-state index in [0.29, 0.717) is 19.0 Å². The largest absolute Gasteiger partial charge is 0.573 e. The molecule has 2 heterocycles. The summed E-state index contributed by atoms with van der Waals surface area (Å²) in [6, 6.07) is 5.14. The van der Waals surface area contributed by atoms with Crippen molar-refractivity contribution in [3.05, 3.63) is 47.8 Å². The summed E-state index contributed by atoms with van der Waals surface area (Å²) < 4.78 is 42.4. The highest BCUT2D eigenvalue weighted by atomic mass is 19.4. The molecule has 0 radical (unpaired) electrons. The van der Waals surface area contributed by atoms with Crippen molar-refractivity contribution in [3.63, 3.8) is 0 Å². The summed E-state index contributed by atoms with van der Waals surface area (Å²) in [5.41, 5.74) is 1.26. The van der Waals surface area contributed by atoms with E-state index in [1.165, 1.54) is 18.2 Å². The van der Waals surface area contributed by atoms with Gasteiger partial charge in [0.05, 0.1) is 6.20 Å². The molecule has 0 bridgehead atoms. The van der Waals surface area contributed by atoms with Gasteiger partial charge in [0.1, 0.15) is 5.75 Å². The van der Waals surface area contributed by atoms with Crippen LogP contribution in [0.4, 0.5) is 13.2 Å². The second-order valence-electron chi connectivity index (χ2n) is 5.89. The molecule has 0 unspecified atom stereocenters. The number of ether oxygens (including phenoxy) is 1. The standard InChI is InChI=1S/C16H16F3N3O2/c1-11-6-20-22(7-11)10-12-8-21(9-12)15(23)13-3-2-4-14(5-13)24-16(17,18)19/h2-7,12H,8-10H2,1H3. The normalized spacial score (nSPS) is 15.2. The molecule has 0 spiro atoms. The number of hydrogen-bond acceptors (Lipinski definition) is 3. The van der Waals surface area contributed by atoms with Gasteiger partial charge < -0.3 is 9.64 Å². The topological polar surface area (TPSA) is 47.4 Å². The Labute approximate surface area is 136 Å². The molecule has 1 aliphatic heterocycles. The molecule has 1 saturated heterocycles. The van der Waals surface area contributed by atoms with Crippen molar-refractivity contribution < 1.29 is 22.7 Å². The summed E-state index contributed by atoms with van der Waals surface area (Å²) >= 11 is 0. The Balaban J connectivity index is 1.57. The Kier molecular flexibility index (Phi) is 4.21. The fraction of sp³-hybridized carbons (Fsp3) is 0.375. The lowest BCUT2D eigenvalue weighted by Gasteiger charge is -2.39. The Morgan fingerprint density at radius 2 is 2.12 bits per heavy atom. The van der Waals surface area contributed by atoms with Crippen molar-refractivity contribution in [1.29, 1.82) is 0 Å². The second-order valence-corrected chi connectivity index (χ2v) is 5.89. The zero-order chi connectivity index (χ0) is 17.3. The smallest absolute Gasteiger partial charge is 0.406 e. The van der Waals surface area contributed by atoms with Crippen LogP contribution in [0.25, 0.3) is 0 Å². The lowest BCUT2D eigenvalue weighted by molar-refractivity contribution is -0.274. The van der Waals surface area contributed by atoms with Gasteiger partial charge in [-0.1, -0.05) is 6.07 Å². The third-order valence-electron chi connectivity index (χ3n) is 3.77. The van der Waals surface area contributed by atoms with E-state index >= 15 is 0 Å². The van der Waals surface area contributed by atoms with Crippen molar-refractivity contribution in [1.82, 2.24) is 14.7 Å². The number of benzene rings is 1. The number of aromatic nitrogens is 2. The first-order valence-corrected chi connectivity index (χ1v) is 7.44. The molecule has 3 rings (SSSR count). The maximum atomic E-state index is 12.3. The monoisotopic (exact) mass is 339 g/mol. The summed E-state index contributed by atoms with van der Waals surface area (Å²) in [7, 11) is 0. The van der Waals surface area contributed by atoms with Crippen molar-refractivity contribution in [3.8, 4) is 5.75 Å². The number of rotatable bonds is 4. The van der Waals surface area contributed by atoms with Gasteiger partial charge in [0.25, 0.3) is 5.91 Å². The lowest BCUT2D eigenvalue weighted by Crippen LogP contribution is -2.51. The van der Waals surface area contributed by atoms with Gasteiger partial charge in [-0.25, -0.2) is 0 Å². The van der Waals surface area contributed by atoms with Crippen molar-refractivity contribution >= 4 is 5.91 Å². The van der Waals surface area contributed by atoms with Gasteiger partial charge in [0.15, 0.2) is 0 Å². The van der Waals surface area contributed by atoms with E-state index in [2.05, 4.69) is 9.84 Å². The molecule has 1 aliphatic rings. The molecular formula is C16H16F3N3O2. The number of aryl methyl sites for hydroxylation is 1. The molecule has 1 aromatic carbocycles. The zero-order valence-corrected chi connectivity index (χ0v) is 13.0. The van der Waals surface area contributed by atoms with E-state index in [1.807, 2.05) is 17.8 Å². The van der Waals surface area contributed by atoms with Gasteiger partial charge >= 0.3 is 6.36 Å². The van der Waals surface area contributed by atoms with E-state index < -0.39 is 12.1 Å². The molecule has 0 aliphatic carbocycles. The minimum atomic E-state index is -4.77. The van der Waals surface area contributed by atoms with Crippen LogP contribution in [0.2, 0.25) is 0 Å². The first-order valence-electron chi connectivity index (χ1n) is 7.44. The minimum absolute atomic E-state index is 0.185. The number of likely N-dealkylation sites (tertiary alicyclic amines) is 1. The fourth-order valence-electron chi connectivity index (χ4n) is 2.69. The van der Waals surface area contributed by atoms with Crippen molar-refractivity contribution in [2.45, 2.75) is 19.8 Å². The number of hydrogen-bond donors (Lipinski definition) is 0. The molecular weight excluding hydrogens is 323 g/mol. The van der Waals surface area contributed by atoms with Crippen molar-refractivity contribution in [2.75, 3.05) is 13.1 Å². The quantitative estimate of drug-likeness (QED) is 0.861. The van der Waals surface area contributed by atoms with Crippen LogP contribution in [0.1, 0.15) is 15.9 Å².